The summed E-state index contributed by atoms with van der Waals surface area (Å²) in [6.45, 7) is 1.93. The number of ether oxygens (including phenoxy) is 1. The van der Waals surface area contributed by atoms with Crippen LogP contribution in [-0.4, -0.2) is 21.9 Å². The number of sulfone groups is 1. The summed E-state index contributed by atoms with van der Waals surface area (Å²) in [4.78, 5) is 3.24. The molecule has 5 nitrogen and oxygen atoms in total. The Balaban J connectivity index is 1.90. The van der Waals surface area contributed by atoms with E-state index in [1.165, 1.54) is 6.34 Å². The van der Waals surface area contributed by atoms with Crippen LogP contribution in [0, 0.1) is 6.92 Å². The molecule has 36 heavy (non-hydrogen) atoms. The van der Waals surface area contributed by atoms with Gasteiger partial charge in [0.1, 0.15) is 5.75 Å². The second-order valence-electron chi connectivity index (χ2n) is 8.57. The molecular weight excluding hydrogens is 468 g/mol. The van der Waals surface area contributed by atoms with E-state index in [1.807, 2.05) is 104 Å². The molecule has 0 aromatic heterocycles. The molecule has 1 aliphatic rings. The maximum atomic E-state index is 14.7. The maximum Gasteiger partial charge on any atom is 0.220 e. The van der Waals surface area contributed by atoms with Crippen LogP contribution >= 0.6 is 0 Å². The van der Waals surface area contributed by atoms with Crippen LogP contribution in [-0.2, 0) is 14.7 Å². The Kier molecular flexibility index (Phi) is 6.20. The average Bonchev–Trinajstić information content (AvgIpc) is 2.93. The van der Waals surface area contributed by atoms with Crippen molar-refractivity contribution < 1.29 is 13.2 Å². The van der Waals surface area contributed by atoms with Crippen LogP contribution in [0.4, 0.5) is 0 Å². The van der Waals surface area contributed by atoms with E-state index in [0.717, 1.165) is 16.7 Å². The summed E-state index contributed by atoms with van der Waals surface area (Å²) < 4.78 is 34.8. The molecule has 1 aliphatic heterocycles. The topological polar surface area (TPSA) is 67.8 Å². The van der Waals surface area contributed by atoms with E-state index in [9.17, 15) is 8.42 Å². The summed E-state index contributed by atoms with van der Waals surface area (Å²) in [7, 11) is -2.47. The Labute approximate surface area is 211 Å². The Morgan fingerprint density at radius 3 is 1.97 bits per heavy atom. The van der Waals surface area contributed by atoms with E-state index in [4.69, 9.17) is 9.73 Å². The van der Waals surface area contributed by atoms with Crippen LogP contribution < -0.4 is 10.1 Å². The number of nitrogens with zero attached hydrogens (tertiary/aromatic N) is 1. The van der Waals surface area contributed by atoms with E-state index < -0.39 is 14.7 Å². The predicted molar refractivity (Wildman–Crippen MR) is 144 cm³/mol. The van der Waals surface area contributed by atoms with Gasteiger partial charge in [0.2, 0.25) is 14.7 Å². The summed E-state index contributed by atoms with van der Waals surface area (Å²) in [6.07, 6.45) is 1.49. The Morgan fingerprint density at radius 1 is 0.750 bits per heavy atom. The highest BCUT2D eigenvalue weighted by Gasteiger charge is 2.52. The fourth-order valence-electron chi connectivity index (χ4n) is 4.55. The third-order valence-electron chi connectivity index (χ3n) is 6.37. The largest absolute Gasteiger partial charge is 0.497 e. The molecule has 0 saturated carbocycles. The van der Waals surface area contributed by atoms with Crippen LogP contribution in [0.1, 0.15) is 22.3 Å². The van der Waals surface area contributed by atoms with E-state index in [1.54, 1.807) is 19.2 Å². The molecule has 180 valence electrons. The van der Waals surface area contributed by atoms with Crippen molar-refractivity contribution in [1.29, 1.82) is 0 Å². The summed E-state index contributed by atoms with van der Waals surface area (Å²) in [5.74, 6) is 0.680. The molecule has 1 N–H and O–H groups in total. The zero-order valence-corrected chi connectivity index (χ0v) is 20.9. The number of hydrogen-bond acceptors (Lipinski definition) is 5. The van der Waals surface area contributed by atoms with Crippen molar-refractivity contribution in [3.63, 3.8) is 0 Å². The second kappa shape index (κ2) is 9.47. The van der Waals surface area contributed by atoms with Gasteiger partial charge in [-0.1, -0.05) is 90.5 Å². The highest BCUT2D eigenvalue weighted by Crippen LogP contribution is 2.51. The van der Waals surface area contributed by atoms with Crippen molar-refractivity contribution in [2.45, 2.75) is 16.7 Å². The van der Waals surface area contributed by atoms with Gasteiger partial charge in [0.25, 0.3) is 0 Å². The van der Waals surface area contributed by atoms with Crippen molar-refractivity contribution in [3.05, 3.63) is 131 Å². The van der Waals surface area contributed by atoms with Gasteiger partial charge in [-0.05, 0) is 47.9 Å². The first-order valence-corrected chi connectivity index (χ1v) is 13.1. The fourth-order valence-corrected chi connectivity index (χ4v) is 6.52. The van der Waals surface area contributed by atoms with Crippen molar-refractivity contribution in [3.8, 4) is 5.75 Å². The van der Waals surface area contributed by atoms with Crippen molar-refractivity contribution in [1.82, 2.24) is 5.32 Å². The lowest BCUT2D eigenvalue weighted by Crippen LogP contribution is -2.40. The second-order valence-corrected chi connectivity index (χ2v) is 10.6. The van der Waals surface area contributed by atoms with Gasteiger partial charge < -0.3 is 10.1 Å². The summed E-state index contributed by atoms with van der Waals surface area (Å²) >= 11 is 0. The molecular formula is C30H26N2O3S. The van der Waals surface area contributed by atoms with E-state index in [2.05, 4.69) is 5.32 Å². The molecule has 4 aromatic rings. The zero-order chi connectivity index (χ0) is 25.2. The van der Waals surface area contributed by atoms with Crippen molar-refractivity contribution >= 4 is 27.4 Å². The summed E-state index contributed by atoms with van der Waals surface area (Å²) in [5.41, 5.74) is 4.34. The van der Waals surface area contributed by atoms with E-state index >= 15 is 0 Å². The van der Waals surface area contributed by atoms with Gasteiger partial charge in [-0.3, -0.25) is 0 Å². The summed E-state index contributed by atoms with van der Waals surface area (Å²) in [6, 6.07) is 33.2. The van der Waals surface area contributed by atoms with Crippen molar-refractivity contribution in [2.75, 3.05) is 7.11 Å². The molecule has 0 spiro atoms. The monoisotopic (exact) mass is 494 g/mol. The van der Waals surface area contributed by atoms with E-state index in [0.29, 0.717) is 22.6 Å². The molecule has 5 rings (SSSR count). The fraction of sp³-hybridized carbons (Fsp3) is 0.100. The number of benzene rings is 4. The molecule has 6 heteroatoms. The van der Waals surface area contributed by atoms with Crippen LogP contribution in [0.3, 0.4) is 0 Å². The lowest BCUT2D eigenvalue weighted by Gasteiger charge is -2.37. The number of aryl methyl sites for hydroxylation is 1. The molecule has 1 unspecified atom stereocenters. The van der Waals surface area contributed by atoms with Gasteiger partial charge in [-0.2, -0.15) is 0 Å². The average molecular weight is 495 g/mol. The molecule has 0 aliphatic carbocycles. The first-order chi connectivity index (χ1) is 17.5. The molecule has 1 atom stereocenters. The van der Waals surface area contributed by atoms with Gasteiger partial charge in [0.15, 0.2) is 0 Å². The van der Waals surface area contributed by atoms with Crippen LogP contribution in [0.25, 0.3) is 11.3 Å². The Morgan fingerprint density at radius 2 is 1.36 bits per heavy atom. The molecule has 1 heterocycles. The molecule has 4 aromatic carbocycles. The zero-order valence-electron chi connectivity index (χ0n) is 20.0. The lowest BCUT2D eigenvalue weighted by molar-refractivity contribution is 0.415. The predicted octanol–water partition coefficient (Wildman–Crippen LogP) is 5.83. The highest BCUT2D eigenvalue weighted by atomic mass is 32.2. The van der Waals surface area contributed by atoms with Gasteiger partial charge in [0.05, 0.1) is 24.0 Å². The molecule has 0 fully saturated rings. The third-order valence-corrected chi connectivity index (χ3v) is 8.59. The normalized spacial score (nSPS) is 17.5. The number of methoxy groups -OCH3 is 1. The first-order valence-electron chi connectivity index (χ1n) is 11.6. The minimum Gasteiger partial charge on any atom is -0.497 e. The molecule has 0 radical (unpaired) electrons. The molecule has 0 saturated heterocycles. The maximum absolute atomic E-state index is 14.7. The van der Waals surface area contributed by atoms with Gasteiger partial charge in [0, 0.05) is 5.57 Å². The molecule has 0 bridgehead atoms. The minimum atomic E-state index is -4.07. The number of aliphatic imine (C=N–C) groups is 1. The first kappa shape index (κ1) is 23.6. The Hall–Kier alpha value is -4.16. The van der Waals surface area contributed by atoms with Crippen LogP contribution in [0.15, 0.2) is 119 Å². The quantitative estimate of drug-likeness (QED) is 0.366. The van der Waals surface area contributed by atoms with Crippen LogP contribution in [0.5, 0.6) is 5.75 Å². The smallest absolute Gasteiger partial charge is 0.220 e. The van der Waals surface area contributed by atoms with Crippen LogP contribution in [0.2, 0.25) is 0 Å². The standard InChI is InChI=1S/C30H26N2O3S/c1-22-13-19-27(20-14-22)36(33,34)30(25-11-7-4-8-12-25)28(23-15-17-26(35-2)18-16-23)29(31-21-32-30)24-9-5-3-6-10-24/h3-21H,1-2H3,(H,31,32). The number of hydrogen-bond donors (Lipinski definition) is 1. The van der Waals surface area contributed by atoms with Gasteiger partial charge >= 0.3 is 0 Å². The lowest BCUT2D eigenvalue weighted by atomic mass is 9.88. The Bertz CT molecular complexity index is 1530. The molecule has 0 amide bonds. The van der Waals surface area contributed by atoms with Crippen molar-refractivity contribution in [2.24, 2.45) is 4.99 Å². The SMILES string of the molecule is COc1ccc(C2=C(c3ccccc3)NC=NC2(c2ccccc2)S(=O)(=O)c2ccc(C)cc2)cc1. The third kappa shape index (κ3) is 3.89. The van der Waals surface area contributed by atoms with Gasteiger partial charge in [-0.25, -0.2) is 13.4 Å². The minimum absolute atomic E-state index is 0.203. The number of rotatable bonds is 6. The van der Waals surface area contributed by atoms with Gasteiger partial charge in [-0.15, -0.1) is 0 Å². The highest BCUT2D eigenvalue weighted by molar-refractivity contribution is 7.93. The van der Waals surface area contributed by atoms with E-state index in [-0.39, 0.29) is 4.90 Å². The number of nitrogens with one attached hydrogen (secondary N) is 1. The summed E-state index contributed by atoms with van der Waals surface area (Å²) in [5, 5.41) is 3.26.